The highest BCUT2D eigenvalue weighted by atomic mass is 35.5. The van der Waals surface area contributed by atoms with E-state index >= 15 is 0 Å². The number of amides is 3. The topological polar surface area (TPSA) is 83.7 Å². The first-order chi connectivity index (χ1) is 11.0. The van der Waals surface area contributed by atoms with E-state index in [2.05, 4.69) is 0 Å². The Morgan fingerprint density at radius 1 is 1.21 bits per heavy atom. The highest BCUT2D eigenvalue weighted by Crippen LogP contribution is 2.24. The summed E-state index contributed by atoms with van der Waals surface area (Å²) in [7, 11) is 0. The van der Waals surface area contributed by atoms with Crippen molar-refractivity contribution in [1.29, 1.82) is 0 Å². The molecule has 2 heterocycles. The summed E-state index contributed by atoms with van der Waals surface area (Å²) in [6.45, 7) is 2.71. The molecule has 3 rings (SSSR count). The molecule has 0 bridgehead atoms. The van der Waals surface area contributed by atoms with Crippen molar-refractivity contribution in [2.24, 2.45) is 5.73 Å². The predicted molar refractivity (Wildman–Crippen MR) is 92.2 cm³/mol. The molecule has 2 aliphatic heterocycles. The predicted octanol–water partition coefficient (Wildman–Crippen LogP) is 1.35. The number of halogens is 1. The summed E-state index contributed by atoms with van der Waals surface area (Å²) in [4.78, 5) is 40.2. The molecule has 2 N–H and O–H groups in total. The van der Waals surface area contributed by atoms with Gasteiger partial charge < -0.3 is 10.6 Å². The van der Waals surface area contributed by atoms with Gasteiger partial charge in [-0.15, -0.1) is 12.4 Å². The van der Waals surface area contributed by atoms with Crippen LogP contribution in [0, 0.1) is 6.92 Å². The summed E-state index contributed by atoms with van der Waals surface area (Å²) in [5.41, 5.74) is 7.42. The Hall–Kier alpha value is -1.92. The Balaban J connectivity index is 0.00000208. The maximum Gasteiger partial charge on any atom is 0.262 e. The second-order valence-electron chi connectivity index (χ2n) is 6.22. The lowest BCUT2D eigenvalue weighted by Crippen LogP contribution is -2.51. The molecule has 130 valence electrons. The number of piperidine rings is 1. The molecule has 0 saturated carbocycles. The van der Waals surface area contributed by atoms with Gasteiger partial charge in [-0.1, -0.05) is 11.6 Å². The summed E-state index contributed by atoms with van der Waals surface area (Å²) >= 11 is 0. The van der Waals surface area contributed by atoms with Gasteiger partial charge in [0.05, 0.1) is 11.1 Å². The van der Waals surface area contributed by atoms with Crippen LogP contribution in [0.25, 0.3) is 0 Å². The Morgan fingerprint density at radius 2 is 1.92 bits per heavy atom. The van der Waals surface area contributed by atoms with E-state index in [9.17, 15) is 14.4 Å². The van der Waals surface area contributed by atoms with E-state index in [1.165, 1.54) is 0 Å². The molecule has 6 nitrogen and oxygen atoms in total. The number of hydrogen-bond donors (Lipinski definition) is 1. The number of benzene rings is 1. The number of aryl methyl sites for hydroxylation is 1. The zero-order chi connectivity index (χ0) is 16.6. The van der Waals surface area contributed by atoms with Crippen molar-refractivity contribution in [2.75, 3.05) is 19.6 Å². The maximum atomic E-state index is 12.6. The Morgan fingerprint density at radius 3 is 2.62 bits per heavy atom. The quantitative estimate of drug-likeness (QED) is 0.833. The second-order valence-corrected chi connectivity index (χ2v) is 6.22. The number of carbonyl (C=O) groups is 3. The van der Waals surface area contributed by atoms with Gasteiger partial charge in [0.1, 0.15) is 6.54 Å². The summed E-state index contributed by atoms with van der Waals surface area (Å²) in [5.74, 6) is -0.977. The van der Waals surface area contributed by atoms with Crippen LogP contribution in [0.2, 0.25) is 0 Å². The fourth-order valence-corrected chi connectivity index (χ4v) is 3.35. The second kappa shape index (κ2) is 7.32. The summed E-state index contributed by atoms with van der Waals surface area (Å²) < 4.78 is 0. The number of fused-ring (bicyclic) bond motifs is 1. The normalized spacial score (nSPS) is 20.0. The third kappa shape index (κ3) is 3.16. The van der Waals surface area contributed by atoms with Crippen LogP contribution in [0.1, 0.15) is 45.5 Å². The minimum atomic E-state index is -0.389. The van der Waals surface area contributed by atoms with E-state index in [1.807, 2.05) is 6.92 Å². The maximum absolute atomic E-state index is 12.6. The number of hydrogen-bond acceptors (Lipinski definition) is 4. The van der Waals surface area contributed by atoms with Crippen molar-refractivity contribution in [2.45, 2.75) is 32.2 Å². The van der Waals surface area contributed by atoms with Crippen LogP contribution in [0.15, 0.2) is 18.2 Å². The molecular weight excluding hydrogens is 330 g/mol. The van der Waals surface area contributed by atoms with Gasteiger partial charge in [-0.25, -0.2) is 0 Å². The third-order valence-electron chi connectivity index (χ3n) is 4.64. The number of nitrogens with zero attached hydrogens (tertiary/aromatic N) is 2. The van der Waals surface area contributed by atoms with Gasteiger partial charge in [-0.3, -0.25) is 19.3 Å². The Bertz CT molecular complexity index is 677. The monoisotopic (exact) mass is 351 g/mol. The molecule has 1 fully saturated rings. The first-order valence-electron chi connectivity index (χ1n) is 7.99. The SMILES string of the molecule is Cc1ccc2c(c1)C(=O)N(CC(=O)N1CCCCC1CN)C2=O.Cl. The molecule has 1 unspecified atom stereocenters. The first kappa shape index (κ1) is 18.4. The number of rotatable bonds is 3. The molecule has 1 saturated heterocycles. The minimum absolute atomic E-state index is 0. The summed E-state index contributed by atoms with van der Waals surface area (Å²) in [6, 6.07) is 5.15. The van der Waals surface area contributed by atoms with Crippen LogP contribution in [-0.2, 0) is 4.79 Å². The smallest absolute Gasteiger partial charge is 0.262 e. The lowest BCUT2D eigenvalue weighted by molar-refractivity contribution is -0.134. The van der Waals surface area contributed by atoms with Gasteiger partial charge in [0, 0.05) is 19.1 Å². The van der Waals surface area contributed by atoms with Gasteiger partial charge in [0.25, 0.3) is 11.8 Å². The molecule has 0 aromatic heterocycles. The van der Waals surface area contributed by atoms with Gasteiger partial charge >= 0.3 is 0 Å². The van der Waals surface area contributed by atoms with E-state index in [0.717, 1.165) is 29.7 Å². The minimum Gasteiger partial charge on any atom is -0.337 e. The van der Waals surface area contributed by atoms with Gasteiger partial charge in [-0.2, -0.15) is 0 Å². The van der Waals surface area contributed by atoms with E-state index < -0.39 is 0 Å². The zero-order valence-corrected chi connectivity index (χ0v) is 14.5. The Kier molecular flexibility index (Phi) is 5.62. The third-order valence-corrected chi connectivity index (χ3v) is 4.64. The summed E-state index contributed by atoms with van der Waals surface area (Å²) in [5, 5.41) is 0. The molecule has 1 aromatic carbocycles. The fourth-order valence-electron chi connectivity index (χ4n) is 3.35. The van der Waals surface area contributed by atoms with Crippen molar-refractivity contribution < 1.29 is 14.4 Å². The molecule has 0 radical (unpaired) electrons. The van der Waals surface area contributed by atoms with Gasteiger partial charge in [0.15, 0.2) is 0 Å². The lowest BCUT2D eigenvalue weighted by atomic mass is 10.0. The van der Waals surface area contributed by atoms with Crippen LogP contribution in [0.4, 0.5) is 0 Å². The average molecular weight is 352 g/mol. The number of likely N-dealkylation sites (tertiary alicyclic amines) is 1. The summed E-state index contributed by atoms with van der Waals surface area (Å²) in [6.07, 6.45) is 2.87. The van der Waals surface area contributed by atoms with E-state index in [1.54, 1.807) is 23.1 Å². The number of nitrogens with two attached hydrogens (primary N) is 1. The molecule has 1 atom stereocenters. The van der Waals surface area contributed by atoms with Crippen LogP contribution in [0.3, 0.4) is 0 Å². The molecule has 0 spiro atoms. The van der Waals surface area contributed by atoms with Crippen molar-refractivity contribution in [1.82, 2.24) is 9.80 Å². The van der Waals surface area contributed by atoms with Crippen LogP contribution in [0.5, 0.6) is 0 Å². The van der Waals surface area contributed by atoms with Crippen LogP contribution < -0.4 is 5.73 Å². The fraction of sp³-hybridized carbons (Fsp3) is 0.471. The van der Waals surface area contributed by atoms with Crippen molar-refractivity contribution in [3.63, 3.8) is 0 Å². The van der Waals surface area contributed by atoms with Crippen molar-refractivity contribution >= 4 is 30.1 Å². The number of carbonyl (C=O) groups excluding carboxylic acids is 3. The molecular formula is C17H22ClN3O3. The molecule has 1 aromatic rings. The largest absolute Gasteiger partial charge is 0.337 e. The van der Waals surface area contributed by atoms with E-state index in [4.69, 9.17) is 5.73 Å². The average Bonchev–Trinajstić information content (AvgIpc) is 2.79. The van der Waals surface area contributed by atoms with E-state index in [-0.39, 0.29) is 42.7 Å². The highest BCUT2D eigenvalue weighted by molar-refractivity contribution is 6.22. The zero-order valence-electron chi connectivity index (χ0n) is 13.7. The van der Waals surface area contributed by atoms with Crippen LogP contribution in [-0.4, -0.2) is 53.2 Å². The molecule has 2 aliphatic rings. The van der Waals surface area contributed by atoms with Gasteiger partial charge in [-0.05, 0) is 38.3 Å². The lowest BCUT2D eigenvalue weighted by Gasteiger charge is -2.35. The van der Waals surface area contributed by atoms with Crippen molar-refractivity contribution in [3.05, 3.63) is 34.9 Å². The van der Waals surface area contributed by atoms with Crippen LogP contribution >= 0.6 is 12.4 Å². The highest BCUT2D eigenvalue weighted by Gasteiger charge is 2.38. The molecule has 7 heteroatoms. The molecule has 3 amide bonds. The molecule has 24 heavy (non-hydrogen) atoms. The standard InChI is InChI=1S/C17H21N3O3.ClH/c1-11-5-6-13-14(8-11)17(23)20(16(13)22)10-15(21)19-7-3-2-4-12(19)9-18;/h5-6,8,12H,2-4,7,9-10,18H2,1H3;1H. The number of imide groups is 1. The van der Waals surface area contributed by atoms with Crippen molar-refractivity contribution in [3.8, 4) is 0 Å². The van der Waals surface area contributed by atoms with Gasteiger partial charge in [0.2, 0.25) is 5.91 Å². The Labute approximate surface area is 147 Å². The first-order valence-corrected chi connectivity index (χ1v) is 7.99. The van der Waals surface area contributed by atoms with E-state index in [0.29, 0.717) is 24.2 Å². The molecule has 0 aliphatic carbocycles.